The predicted octanol–water partition coefficient (Wildman–Crippen LogP) is 1.48. The Morgan fingerprint density at radius 1 is 1.33 bits per heavy atom. The number of sulfonamides is 1. The lowest BCUT2D eigenvalue weighted by Crippen LogP contribution is -2.13. The normalized spacial score (nSPS) is 11.4. The number of hydrogen-bond acceptors (Lipinski definition) is 4. The summed E-state index contributed by atoms with van der Waals surface area (Å²) >= 11 is 0. The quantitative estimate of drug-likeness (QED) is 0.877. The summed E-state index contributed by atoms with van der Waals surface area (Å²) in [5, 5.41) is 0.0563. The van der Waals surface area contributed by atoms with Crippen molar-refractivity contribution in [3.8, 4) is 0 Å². The zero-order valence-electron chi connectivity index (χ0n) is 10.1. The topological polar surface area (TPSA) is 87.7 Å². The molecule has 2 N–H and O–H groups in total. The molecule has 0 aliphatic carbocycles. The fraction of sp³-hybridized carbons (Fsp3) is 0.273. The number of nitrogens with zero attached hydrogens (tertiary/aromatic N) is 2. The van der Waals surface area contributed by atoms with Crippen LogP contribution in [0.5, 0.6) is 0 Å². The molecule has 0 amide bonds. The highest BCUT2D eigenvalue weighted by atomic mass is 32.2. The van der Waals surface area contributed by atoms with Crippen molar-refractivity contribution in [2.75, 3.05) is 4.72 Å². The maximum Gasteiger partial charge on any atom is 0.279 e. The maximum atomic E-state index is 12.0. The molecule has 0 unspecified atom stereocenters. The van der Waals surface area contributed by atoms with E-state index in [1.54, 1.807) is 12.3 Å². The molecule has 2 aromatic heterocycles. The molecule has 0 atom stereocenters. The third kappa shape index (κ3) is 2.67. The van der Waals surface area contributed by atoms with E-state index in [0.29, 0.717) is 17.9 Å². The van der Waals surface area contributed by atoms with Crippen molar-refractivity contribution in [1.82, 2.24) is 15.0 Å². The summed E-state index contributed by atoms with van der Waals surface area (Å²) in [5.74, 6) is 0.637. The molecule has 0 radical (unpaired) electrons. The van der Waals surface area contributed by atoms with E-state index in [0.717, 1.165) is 5.56 Å². The first-order valence-electron chi connectivity index (χ1n) is 5.49. The van der Waals surface area contributed by atoms with Gasteiger partial charge in [-0.2, -0.15) is 8.42 Å². The SMILES string of the molecule is CCc1ncc(S(=O)(=O)Nc2cncc(C)c2)[nH]1. The van der Waals surface area contributed by atoms with Crippen LogP contribution in [0, 0.1) is 6.92 Å². The van der Waals surface area contributed by atoms with Gasteiger partial charge in [-0.25, -0.2) is 4.98 Å². The van der Waals surface area contributed by atoms with Crippen molar-refractivity contribution in [1.29, 1.82) is 0 Å². The number of pyridine rings is 1. The van der Waals surface area contributed by atoms with Gasteiger partial charge in [-0.05, 0) is 18.6 Å². The molecule has 0 aromatic carbocycles. The molecule has 2 aromatic rings. The van der Waals surface area contributed by atoms with Gasteiger partial charge in [0.1, 0.15) is 5.82 Å². The highest BCUT2D eigenvalue weighted by Crippen LogP contribution is 2.14. The van der Waals surface area contributed by atoms with Gasteiger partial charge in [-0.1, -0.05) is 6.92 Å². The van der Waals surface area contributed by atoms with E-state index in [9.17, 15) is 8.42 Å². The van der Waals surface area contributed by atoms with Crippen LogP contribution in [0.3, 0.4) is 0 Å². The molecule has 2 rings (SSSR count). The second kappa shape index (κ2) is 4.77. The van der Waals surface area contributed by atoms with Crippen LogP contribution in [0.4, 0.5) is 5.69 Å². The lowest BCUT2D eigenvalue weighted by molar-refractivity contribution is 0.598. The maximum absolute atomic E-state index is 12.0. The number of rotatable bonds is 4. The molecule has 0 aliphatic heterocycles. The Morgan fingerprint density at radius 2 is 2.11 bits per heavy atom. The molecule has 0 spiro atoms. The predicted molar refractivity (Wildman–Crippen MR) is 67.7 cm³/mol. The van der Waals surface area contributed by atoms with Crippen LogP contribution in [-0.4, -0.2) is 23.4 Å². The fourth-order valence-corrected chi connectivity index (χ4v) is 2.46. The minimum absolute atomic E-state index is 0.0563. The minimum atomic E-state index is -3.63. The van der Waals surface area contributed by atoms with Gasteiger partial charge in [0, 0.05) is 12.6 Å². The molecule has 2 heterocycles. The Balaban J connectivity index is 2.27. The highest BCUT2D eigenvalue weighted by molar-refractivity contribution is 7.92. The Bertz CT molecular complexity index is 649. The molecule has 0 saturated heterocycles. The van der Waals surface area contributed by atoms with Crippen molar-refractivity contribution in [2.45, 2.75) is 25.3 Å². The molecule has 0 aliphatic rings. The largest absolute Gasteiger partial charge is 0.332 e. The molecule has 0 fully saturated rings. The van der Waals surface area contributed by atoms with Gasteiger partial charge in [0.25, 0.3) is 10.0 Å². The van der Waals surface area contributed by atoms with Crippen LogP contribution >= 0.6 is 0 Å². The van der Waals surface area contributed by atoms with Gasteiger partial charge in [0.05, 0.1) is 18.1 Å². The smallest absolute Gasteiger partial charge is 0.279 e. The second-order valence-corrected chi connectivity index (χ2v) is 5.55. The van der Waals surface area contributed by atoms with Crippen molar-refractivity contribution >= 4 is 15.7 Å². The minimum Gasteiger partial charge on any atom is -0.332 e. The summed E-state index contributed by atoms with van der Waals surface area (Å²) in [7, 11) is -3.63. The van der Waals surface area contributed by atoms with Crippen LogP contribution in [0.15, 0.2) is 29.7 Å². The van der Waals surface area contributed by atoms with Crippen molar-refractivity contribution < 1.29 is 8.42 Å². The first kappa shape index (κ1) is 12.6. The van der Waals surface area contributed by atoms with Gasteiger partial charge < -0.3 is 4.98 Å². The highest BCUT2D eigenvalue weighted by Gasteiger charge is 2.17. The number of aromatic amines is 1. The summed E-state index contributed by atoms with van der Waals surface area (Å²) in [5.41, 5.74) is 1.32. The van der Waals surface area contributed by atoms with Gasteiger partial charge >= 0.3 is 0 Å². The van der Waals surface area contributed by atoms with Crippen LogP contribution in [0.2, 0.25) is 0 Å². The Labute approximate surface area is 106 Å². The summed E-state index contributed by atoms with van der Waals surface area (Å²) in [6, 6.07) is 1.71. The number of aromatic nitrogens is 3. The number of aryl methyl sites for hydroxylation is 2. The van der Waals surface area contributed by atoms with Crippen LogP contribution in [0.1, 0.15) is 18.3 Å². The molecule has 18 heavy (non-hydrogen) atoms. The lowest BCUT2D eigenvalue weighted by atomic mass is 10.3. The van der Waals surface area contributed by atoms with Gasteiger partial charge in [0.15, 0.2) is 5.03 Å². The third-order valence-corrected chi connectivity index (χ3v) is 3.65. The van der Waals surface area contributed by atoms with E-state index in [-0.39, 0.29) is 5.03 Å². The van der Waals surface area contributed by atoms with Crippen LogP contribution in [0.25, 0.3) is 0 Å². The zero-order chi connectivity index (χ0) is 13.2. The van der Waals surface area contributed by atoms with Gasteiger partial charge in [-0.3, -0.25) is 9.71 Å². The van der Waals surface area contributed by atoms with Crippen molar-refractivity contribution in [3.05, 3.63) is 36.0 Å². The first-order valence-corrected chi connectivity index (χ1v) is 6.98. The average molecular weight is 266 g/mol. The molecular formula is C11H14N4O2S. The summed E-state index contributed by atoms with van der Waals surface area (Å²) in [6.07, 6.45) is 5.08. The number of imidazole rings is 1. The second-order valence-electron chi connectivity index (χ2n) is 3.90. The van der Waals surface area contributed by atoms with Gasteiger partial charge in [-0.15, -0.1) is 0 Å². The lowest BCUT2D eigenvalue weighted by Gasteiger charge is -2.05. The molecule has 96 valence electrons. The van der Waals surface area contributed by atoms with Gasteiger partial charge in [0.2, 0.25) is 0 Å². The Morgan fingerprint density at radius 3 is 2.72 bits per heavy atom. The van der Waals surface area contributed by atoms with Crippen molar-refractivity contribution in [3.63, 3.8) is 0 Å². The van der Waals surface area contributed by atoms with Crippen molar-refractivity contribution in [2.24, 2.45) is 0 Å². The van der Waals surface area contributed by atoms with E-state index in [1.807, 2.05) is 13.8 Å². The molecule has 0 bridgehead atoms. The van der Waals surface area contributed by atoms with Crippen LogP contribution in [-0.2, 0) is 16.4 Å². The number of H-pyrrole nitrogens is 1. The van der Waals surface area contributed by atoms with E-state index < -0.39 is 10.0 Å². The van der Waals surface area contributed by atoms with E-state index in [1.165, 1.54) is 12.4 Å². The summed E-state index contributed by atoms with van der Waals surface area (Å²) in [4.78, 5) is 10.7. The molecule has 0 saturated carbocycles. The zero-order valence-corrected chi connectivity index (χ0v) is 11.0. The number of hydrogen-bond donors (Lipinski definition) is 2. The fourth-order valence-electron chi connectivity index (χ4n) is 1.48. The van der Waals surface area contributed by atoms with E-state index >= 15 is 0 Å². The third-order valence-electron chi connectivity index (χ3n) is 2.36. The summed E-state index contributed by atoms with van der Waals surface area (Å²) in [6.45, 7) is 3.74. The average Bonchev–Trinajstić information content (AvgIpc) is 2.77. The molecule has 7 heteroatoms. The Kier molecular flexibility index (Phi) is 3.33. The standard InChI is InChI=1S/C11H14N4O2S/c1-3-10-13-7-11(14-10)18(16,17)15-9-4-8(2)5-12-6-9/h4-7,15H,3H2,1-2H3,(H,13,14). The van der Waals surface area contributed by atoms with E-state index in [2.05, 4.69) is 19.7 Å². The van der Waals surface area contributed by atoms with Crippen LogP contribution < -0.4 is 4.72 Å². The number of anilines is 1. The Hall–Kier alpha value is -1.89. The first-order chi connectivity index (χ1) is 8.51. The molecule has 6 nitrogen and oxygen atoms in total. The monoisotopic (exact) mass is 266 g/mol. The summed E-state index contributed by atoms with van der Waals surface area (Å²) < 4.78 is 26.5. The van der Waals surface area contributed by atoms with E-state index in [4.69, 9.17) is 0 Å². The number of nitrogens with one attached hydrogen (secondary N) is 2. The molecular weight excluding hydrogens is 252 g/mol.